The first-order valence-corrected chi connectivity index (χ1v) is 9.19. The Kier molecular flexibility index (Phi) is 6.86. The summed E-state index contributed by atoms with van der Waals surface area (Å²) < 4.78 is 35.5. The van der Waals surface area contributed by atoms with Crippen LogP contribution in [0.5, 0.6) is 17.2 Å². The molecule has 0 radical (unpaired) electrons. The average Bonchev–Trinajstić information content (AvgIpc) is 2.71. The highest BCUT2D eigenvalue weighted by Crippen LogP contribution is 2.36. The number of nitrogens with zero attached hydrogens (tertiary/aromatic N) is 2. The van der Waals surface area contributed by atoms with E-state index in [-0.39, 0.29) is 16.5 Å². The number of carbonyl (C=O) groups is 1. The number of esters is 1. The Balaban J connectivity index is 2.00. The Labute approximate surface area is 176 Å². The van der Waals surface area contributed by atoms with Gasteiger partial charge >= 0.3 is 5.97 Å². The third kappa shape index (κ3) is 4.87. The van der Waals surface area contributed by atoms with Crippen LogP contribution in [0, 0.1) is 5.82 Å². The van der Waals surface area contributed by atoms with Gasteiger partial charge in [0.1, 0.15) is 24.6 Å². The molecule has 0 bridgehead atoms. The summed E-state index contributed by atoms with van der Waals surface area (Å²) in [6.07, 6.45) is 1.33. The first-order chi connectivity index (χ1) is 14.4. The van der Waals surface area contributed by atoms with Crippen LogP contribution in [0.25, 0.3) is 10.9 Å². The quantitative estimate of drug-likeness (QED) is 0.321. The van der Waals surface area contributed by atoms with Crippen LogP contribution in [0.15, 0.2) is 30.6 Å². The zero-order valence-electron chi connectivity index (χ0n) is 16.5. The number of ether oxygens (including phenoxy) is 4. The van der Waals surface area contributed by atoms with E-state index in [1.54, 1.807) is 19.2 Å². The summed E-state index contributed by atoms with van der Waals surface area (Å²) in [7, 11) is 3.08. The molecule has 0 fully saturated rings. The Bertz CT molecular complexity index is 1080. The zero-order chi connectivity index (χ0) is 21.7. The van der Waals surface area contributed by atoms with Gasteiger partial charge in [-0.25, -0.2) is 14.4 Å². The number of carbonyl (C=O) groups excluding carboxylic acids is 1. The Hall–Kier alpha value is -3.17. The molecule has 0 aliphatic heterocycles. The van der Waals surface area contributed by atoms with Gasteiger partial charge in [-0.05, 0) is 12.1 Å². The fourth-order valence-electron chi connectivity index (χ4n) is 2.66. The van der Waals surface area contributed by atoms with Crippen molar-refractivity contribution in [3.05, 3.63) is 41.4 Å². The van der Waals surface area contributed by atoms with Gasteiger partial charge < -0.3 is 24.3 Å². The number of methoxy groups -OCH3 is 2. The fraction of sp³-hybridized carbons (Fsp3) is 0.250. The molecule has 10 heteroatoms. The lowest BCUT2D eigenvalue weighted by Crippen LogP contribution is -2.06. The second kappa shape index (κ2) is 9.55. The first kappa shape index (κ1) is 21.5. The second-order valence-corrected chi connectivity index (χ2v) is 6.47. The molecule has 0 aliphatic rings. The molecule has 0 spiro atoms. The van der Waals surface area contributed by atoms with E-state index in [9.17, 15) is 9.18 Å². The number of fused-ring (bicyclic) bond motifs is 1. The van der Waals surface area contributed by atoms with Crippen molar-refractivity contribution in [2.45, 2.75) is 6.92 Å². The standard InChI is InChI=1S/C20H19ClFN3O5/c1-11(26)30-17-9-16(14(22)7-13(17)21)25-20-12-6-18(28-3)19(29-5-4-27-2)8-15(12)23-10-24-20/h6-10H,4-5H2,1-3H3,(H,23,24,25). The van der Waals surface area contributed by atoms with Crippen molar-refractivity contribution in [1.82, 2.24) is 9.97 Å². The number of benzene rings is 2. The van der Waals surface area contributed by atoms with E-state index in [0.717, 1.165) is 6.07 Å². The number of hydrogen-bond acceptors (Lipinski definition) is 8. The molecule has 30 heavy (non-hydrogen) atoms. The topological polar surface area (TPSA) is 91.8 Å². The van der Waals surface area contributed by atoms with Crippen molar-refractivity contribution < 1.29 is 28.1 Å². The predicted octanol–water partition coefficient (Wildman–Crippen LogP) is 4.13. The fourth-order valence-corrected chi connectivity index (χ4v) is 2.85. The van der Waals surface area contributed by atoms with Crippen molar-refractivity contribution in [2.24, 2.45) is 0 Å². The smallest absolute Gasteiger partial charge is 0.308 e. The maximum atomic E-state index is 14.4. The average molecular weight is 436 g/mol. The molecule has 0 aliphatic carbocycles. The second-order valence-electron chi connectivity index (χ2n) is 6.06. The maximum Gasteiger partial charge on any atom is 0.308 e. The van der Waals surface area contributed by atoms with E-state index >= 15 is 0 Å². The molecule has 158 valence electrons. The summed E-state index contributed by atoms with van der Waals surface area (Å²) in [4.78, 5) is 19.7. The monoisotopic (exact) mass is 435 g/mol. The van der Waals surface area contributed by atoms with Gasteiger partial charge in [0.05, 0.1) is 29.9 Å². The maximum absolute atomic E-state index is 14.4. The molecule has 1 aromatic heterocycles. The summed E-state index contributed by atoms with van der Waals surface area (Å²) in [5.41, 5.74) is 0.574. The lowest BCUT2D eigenvalue weighted by atomic mass is 10.2. The van der Waals surface area contributed by atoms with Crippen LogP contribution in [0.2, 0.25) is 5.02 Å². The van der Waals surface area contributed by atoms with Crippen LogP contribution in [0.1, 0.15) is 6.92 Å². The molecule has 0 saturated heterocycles. The Morgan fingerprint density at radius 2 is 1.90 bits per heavy atom. The highest BCUT2D eigenvalue weighted by atomic mass is 35.5. The highest BCUT2D eigenvalue weighted by Gasteiger charge is 2.15. The van der Waals surface area contributed by atoms with E-state index in [1.165, 1.54) is 26.4 Å². The molecule has 3 aromatic rings. The van der Waals surface area contributed by atoms with Crippen LogP contribution in [-0.4, -0.2) is 43.4 Å². The number of nitrogens with one attached hydrogen (secondary N) is 1. The van der Waals surface area contributed by atoms with Crippen LogP contribution >= 0.6 is 11.6 Å². The molecule has 0 atom stereocenters. The van der Waals surface area contributed by atoms with Gasteiger partial charge in [-0.3, -0.25) is 4.79 Å². The summed E-state index contributed by atoms with van der Waals surface area (Å²) in [5.74, 6) is 0.0616. The summed E-state index contributed by atoms with van der Waals surface area (Å²) in [6, 6.07) is 5.71. The molecule has 2 aromatic carbocycles. The normalized spacial score (nSPS) is 10.7. The largest absolute Gasteiger partial charge is 0.493 e. The van der Waals surface area contributed by atoms with Crippen molar-refractivity contribution in [2.75, 3.05) is 32.8 Å². The summed E-state index contributed by atoms with van der Waals surface area (Å²) in [5, 5.41) is 3.43. The Morgan fingerprint density at radius 3 is 2.60 bits per heavy atom. The SMILES string of the molecule is COCCOc1cc2ncnc(Nc3cc(OC(C)=O)c(Cl)cc3F)c2cc1OC. The molecular weight excluding hydrogens is 417 g/mol. The molecule has 0 saturated carbocycles. The lowest BCUT2D eigenvalue weighted by molar-refractivity contribution is -0.131. The first-order valence-electron chi connectivity index (χ1n) is 8.82. The molecule has 0 amide bonds. The van der Waals surface area contributed by atoms with Gasteiger partial charge in [-0.1, -0.05) is 11.6 Å². The van der Waals surface area contributed by atoms with Crippen LogP contribution in [0.4, 0.5) is 15.9 Å². The zero-order valence-corrected chi connectivity index (χ0v) is 17.2. The minimum absolute atomic E-state index is 0.0232. The number of halogens is 2. The number of aromatic nitrogens is 2. The van der Waals surface area contributed by atoms with Crippen molar-refractivity contribution >= 4 is 40.0 Å². The van der Waals surface area contributed by atoms with Crippen LogP contribution in [-0.2, 0) is 9.53 Å². The van der Waals surface area contributed by atoms with E-state index in [4.69, 9.17) is 30.5 Å². The number of anilines is 2. The van der Waals surface area contributed by atoms with Gasteiger partial charge in [-0.15, -0.1) is 0 Å². The molecule has 0 unspecified atom stereocenters. The molecule has 1 heterocycles. The third-order valence-corrected chi connectivity index (χ3v) is 4.29. The molecular formula is C20H19ClFN3O5. The van der Waals surface area contributed by atoms with Gasteiger partial charge in [0, 0.05) is 31.6 Å². The number of hydrogen-bond donors (Lipinski definition) is 1. The van der Waals surface area contributed by atoms with Gasteiger partial charge in [0.15, 0.2) is 17.2 Å². The van der Waals surface area contributed by atoms with E-state index < -0.39 is 11.8 Å². The third-order valence-electron chi connectivity index (χ3n) is 3.99. The van der Waals surface area contributed by atoms with Crippen LogP contribution in [0.3, 0.4) is 0 Å². The van der Waals surface area contributed by atoms with Crippen molar-refractivity contribution in [3.63, 3.8) is 0 Å². The lowest BCUT2D eigenvalue weighted by Gasteiger charge is -2.14. The number of rotatable bonds is 8. The van der Waals surface area contributed by atoms with E-state index in [0.29, 0.717) is 41.4 Å². The van der Waals surface area contributed by atoms with E-state index in [1.807, 2.05) is 0 Å². The molecule has 1 N–H and O–H groups in total. The summed E-state index contributed by atoms with van der Waals surface area (Å²) in [6.45, 7) is 1.98. The van der Waals surface area contributed by atoms with Gasteiger partial charge in [0.2, 0.25) is 0 Å². The summed E-state index contributed by atoms with van der Waals surface area (Å²) >= 11 is 5.94. The Morgan fingerprint density at radius 1 is 1.10 bits per heavy atom. The van der Waals surface area contributed by atoms with Gasteiger partial charge in [0.25, 0.3) is 0 Å². The highest BCUT2D eigenvalue weighted by molar-refractivity contribution is 6.32. The predicted molar refractivity (Wildman–Crippen MR) is 109 cm³/mol. The van der Waals surface area contributed by atoms with E-state index in [2.05, 4.69) is 15.3 Å². The molecule has 8 nitrogen and oxygen atoms in total. The minimum atomic E-state index is -0.644. The van der Waals surface area contributed by atoms with Gasteiger partial charge in [-0.2, -0.15) is 0 Å². The van der Waals surface area contributed by atoms with Crippen molar-refractivity contribution in [3.8, 4) is 17.2 Å². The van der Waals surface area contributed by atoms with Crippen LogP contribution < -0.4 is 19.5 Å². The van der Waals surface area contributed by atoms with Crippen molar-refractivity contribution in [1.29, 1.82) is 0 Å². The molecule has 3 rings (SSSR count). The minimum Gasteiger partial charge on any atom is -0.493 e.